The van der Waals surface area contributed by atoms with Crippen LogP contribution in [0.2, 0.25) is 0 Å². The maximum absolute atomic E-state index is 12.3. The van der Waals surface area contributed by atoms with E-state index in [1.54, 1.807) is 6.07 Å². The number of amides is 1. The molecule has 0 unspecified atom stereocenters. The first-order chi connectivity index (χ1) is 10.2. The zero-order chi connectivity index (χ0) is 15.1. The molecule has 5 nitrogen and oxygen atoms in total. The van der Waals surface area contributed by atoms with Crippen LogP contribution >= 0.6 is 0 Å². The van der Waals surface area contributed by atoms with Gasteiger partial charge in [0.05, 0.1) is 0 Å². The number of nitrogens with one attached hydrogen (secondary N) is 2. The first kappa shape index (κ1) is 15.7. The van der Waals surface area contributed by atoms with Crippen molar-refractivity contribution in [1.82, 2.24) is 15.3 Å². The number of hydrogen-bond donors (Lipinski definition) is 2. The summed E-state index contributed by atoms with van der Waals surface area (Å²) in [4.78, 5) is 20.9. The lowest BCUT2D eigenvalue weighted by atomic mass is 10.2. The Bertz CT molecular complexity index is 469. The predicted molar refractivity (Wildman–Crippen MR) is 84.5 cm³/mol. The lowest BCUT2D eigenvalue weighted by Gasteiger charge is -2.12. The summed E-state index contributed by atoms with van der Waals surface area (Å²) in [7, 11) is 0. The average molecular weight is 290 g/mol. The zero-order valence-electron chi connectivity index (χ0n) is 13.1. The average Bonchev–Trinajstić information content (AvgIpc) is 2.96. The molecule has 21 heavy (non-hydrogen) atoms. The number of rotatable bonds is 7. The Morgan fingerprint density at radius 1 is 1.29 bits per heavy atom. The predicted octanol–water partition coefficient (Wildman–Crippen LogP) is 3.06. The minimum Gasteiger partial charge on any atom is -0.370 e. The largest absolute Gasteiger partial charge is 0.370 e. The molecule has 1 aliphatic carbocycles. The monoisotopic (exact) mass is 290 g/mol. The Balaban J connectivity index is 1.94. The van der Waals surface area contributed by atoms with Crippen molar-refractivity contribution in [2.75, 3.05) is 11.9 Å². The van der Waals surface area contributed by atoms with E-state index in [1.165, 1.54) is 25.7 Å². The molecule has 0 radical (unpaired) electrons. The van der Waals surface area contributed by atoms with E-state index in [-0.39, 0.29) is 5.91 Å². The van der Waals surface area contributed by atoms with Crippen LogP contribution in [0, 0.1) is 6.92 Å². The number of nitrogens with zero attached hydrogens (tertiary/aromatic N) is 2. The smallest absolute Gasteiger partial charge is 0.270 e. The third kappa shape index (κ3) is 4.99. The summed E-state index contributed by atoms with van der Waals surface area (Å²) >= 11 is 0. The highest BCUT2D eigenvalue weighted by atomic mass is 16.1. The Labute approximate surface area is 127 Å². The molecule has 0 bridgehead atoms. The quantitative estimate of drug-likeness (QED) is 0.757. The Kier molecular flexibility index (Phi) is 5.96. The van der Waals surface area contributed by atoms with Crippen LogP contribution in [-0.2, 0) is 0 Å². The van der Waals surface area contributed by atoms with Gasteiger partial charge in [0.15, 0.2) is 0 Å². The number of anilines is 1. The van der Waals surface area contributed by atoms with Crippen LogP contribution in [0.4, 0.5) is 5.82 Å². The number of aryl methyl sites for hydroxylation is 1. The molecule has 0 atom stereocenters. The summed E-state index contributed by atoms with van der Waals surface area (Å²) in [6, 6.07) is 2.07. The molecular formula is C16H26N4O. The summed E-state index contributed by atoms with van der Waals surface area (Å²) in [6.07, 6.45) is 8.08. The second-order valence-electron chi connectivity index (χ2n) is 5.77. The second kappa shape index (κ2) is 7.96. The Hall–Kier alpha value is -1.65. The van der Waals surface area contributed by atoms with Gasteiger partial charge in [-0.25, -0.2) is 9.97 Å². The number of hydrogen-bond acceptors (Lipinski definition) is 4. The van der Waals surface area contributed by atoms with Crippen LogP contribution in [0.15, 0.2) is 6.07 Å². The normalized spacial score (nSPS) is 15.1. The summed E-state index contributed by atoms with van der Waals surface area (Å²) in [5.41, 5.74) is 0.465. The van der Waals surface area contributed by atoms with Crippen LogP contribution in [0.3, 0.4) is 0 Å². The van der Waals surface area contributed by atoms with Gasteiger partial charge in [0, 0.05) is 18.7 Å². The SMILES string of the molecule is CCCCCNc1cc(C(=O)NC2CCCC2)nc(C)n1. The van der Waals surface area contributed by atoms with Gasteiger partial charge in [0.25, 0.3) is 5.91 Å². The van der Waals surface area contributed by atoms with Crippen molar-refractivity contribution in [2.24, 2.45) is 0 Å². The van der Waals surface area contributed by atoms with Crippen molar-refractivity contribution in [3.8, 4) is 0 Å². The van der Waals surface area contributed by atoms with Crippen LogP contribution in [0.25, 0.3) is 0 Å². The van der Waals surface area contributed by atoms with Gasteiger partial charge in [-0.3, -0.25) is 4.79 Å². The van der Waals surface area contributed by atoms with Gasteiger partial charge in [0.1, 0.15) is 17.3 Å². The van der Waals surface area contributed by atoms with E-state index in [9.17, 15) is 4.79 Å². The Morgan fingerprint density at radius 3 is 2.76 bits per heavy atom. The van der Waals surface area contributed by atoms with Crippen molar-refractivity contribution in [2.45, 2.75) is 64.8 Å². The fourth-order valence-corrected chi connectivity index (χ4v) is 2.70. The number of unbranched alkanes of at least 4 members (excludes halogenated alkanes) is 2. The van der Waals surface area contributed by atoms with Crippen molar-refractivity contribution >= 4 is 11.7 Å². The molecule has 116 valence electrons. The molecule has 2 N–H and O–H groups in total. The number of carbonyl (C=O) groups is 1. The van der Waals surface area contributed by atoms with Crippen LogP contribution < -0.4 is 10.6 Å². The summed E-state index contributed by atoms with van der Waals surface area (Å²) in [5, 5.41) is 6.35. The highest BCUT2D eigenvalue weighted by molar-refractivity contribution is 5.93. The molecule has 0 aliphatic heterocycles. The second-order valence-corrected chi connectivity index (χ2v) is 5.77. The molecule has 0 aromatic carbocycles. The molecule has 1 fully saturated rings. The molecule has 1 aromatic rings. The van der Waals surface area contributed by atoms with E-state index in [2.05, 4.69) is 27.5 Å². The van der Waals surface area contributed by atoms with Crippen molar-refractivity contribution in [3.63, 3.8) is 0 Å². The first-order valence-electron chi connectivity index (χ1n) is 8.09. The zero-order valence-corrected chi connectivity index (χ0v) is 13.1. The van der Waals surface area contributed by atoms with E-state index >= 15 is 0 Å². The summed E-state index contributed by atoms with van der Waals surface area (Å²) < 4.78 is 0. The molecule has 1 amide bonds. The van der Waals surface area contributed by atoms with Gasteiger partial charge < -0.3 is 10.6 Å². The molecule has 5 heteroatoms. The highest BCUT2D eigenvalue weighted by Crippen LogP contribution is 2.18. The maximum Gasteiger partial charge on any atom is 0.270 e. The van der Waals surface area contributed by atoms with Gasteiger partial charge in [-0.05, 0) is 26.2 Å². The standard InChI is InChI=1S/C16H26N4O/c1-3-4-7-10-17-15-11-14(18-12(2)19-15)16(21)20-13-8-5-6-9-13/h11,13H,3-10H2,1-2H3,(H,20,21)(H,17,18,19). The van der Waals surface area contributed by atoms with E-state index in [1.807, 2.05) is 6.92 Å². The molecule has 1 aliphatic rings. The van der Waals surface area contributed by atoms with Crippen molar-refractivity contribution in [1.29, 1.82) is 0 Å². The number of carbonyl (C=O) groups excluding carboxylic acids is 1. The van der Waals surface area contributed by atoms with Gasteiger partial charge in [-0.15, -0.1) is 0 Å². The first-order valence-corrected chi connectivity index (χ1v) is 8.09. The molecular weight excluding hydrogens is 264 g/mol. The van der Waals surface area contributed by atoms with Crippen molar-refractivity contribution < 1.29 is 4.79 Å². The molecule has 1 heterocycles. The van der Waals surface area contributed by atoms with Crippen molar-refractivity contribution in [3.05, 3.63) is 17.6 Å². The topological polar surface area (TPSA) is 66.9 Å². The van der Waals surface area contributed by atoms with Gasteiger partial charge in [-0.2, -0.15) is 0 Å². The minimum atomic E-state index is -0.0796. The lowest BCUT2D eigenvalue weighted by Crippen LogP contribution is -2.33. The lowest BCUT2D eigenvalue weighted by molar-refractivity contribution is 0.0932. The third-order valence-electron chi connectivity index (χ3n) is 3.85. The van der Waals surface area contributed by atoms with Crippen LogP contribution in [-0.4, -0.2) is 28.5 Å². The maximum atomic E-state index is 12.3. The van der Waals surface area contributed by atoms with E-state index in [4.69, 9.17) is 0 Å². The molecule has 0 spiro atoms. The summed E-state index contributed by atoms with van der Waals surface area (Å²) in [6.45, 7) is 4.89. The molecule has 1 aromatic heterocycles. The van der Waals surface area contributed by atoms with E-state index in [0.717, 1.165) is 31.6 Å². The van der Waals surface area contributed by atoms with E-state index < -0.39 is 0 Å². The summed E-state index contributed by atoms with van der Waals surface area (Å²) in [5.74, 6) is 1.30. The molecule has 0 saturated heterocycles. The van der Waals surface area contributed by atoms with Gasteiger partial charge in [-0.1, -0.05) is 32.6 Å². The van der Waals surface area contributed by atoms with Crippen LogP contribution in [0.1, 0.15) is 68.2 Å². The fourth-order valence-electron chi connectivity index (χ4n) is 2.70. The number of aromatic nitrogens is 2. The minimum absolute atomic E-state index is 0.0796. The molecule has 2 rings (SSSR count). The van der Waals surface area contributed by atoms with Gasteiger partial charge in [0.2, 0.25) is 0 Å². The molecule has 1 saturated carbocycles. The third-order valence-corrected chi connectivity index (χ3v) is 3.85. The Morgan fingerprint density at radius 2 is 2.05 bits per heavy atom. The fraction of sp³-hybridized carbons (Fsp3) is 0.688. The van der Waals surface area contributed by atoms with E-state index in [0.29, 0.717) is 17.6 Å². The highest BCUT2D eigenvalue weighted by Gasteiger charge is 2.19. The van der Waals surface area contributed by atoms with Crippen LogP contribution in [0.5, 0.6) is 0 Å². The van der Waals surface area contributed by atoms with Gasteiger partial charge >= 0.3 is 0 Å².